The van der Waals surface area contributed by atoms with Gasteiger partial charge in [-0.05, 0) is 36.9 Å². The Morgan fingerprint density at radius 1 is 1.20 bits per heavy atom. The summed E-state index contributed by atoms with van der Waals surface area (Å²) in [6.07, 6.45) is 2.86. The van der Waals surface area contributed by atoms with Crippen molar-refractivity contribution in [3.8, 4) is 5.75 Å². The molecular weight excluding hydrogens is 359 g/mol. The van der Waals surface area contributed by atoms with E-state index in [1.165, 1.54) is 0 Å². The average Bonchev–Trinajstić information content (AvgIpc) is 3.02. The lowest BCUT2D eigenvalue weighted by Crippen LogP contribution is -2.17. The van der Waals surface area contributed by atoms with E-state index in [1.54, 1.807) is 18.3 Å². The Kier molecular flexibility index (Phi) is 6.19. The van der Waals surface area contributed by atoms with Crippen LogP contribution < -0.4 is 4.74 Å². The number of nitrogens with zero attached hydrogens (tertiary/aromatic N) is 2. The molecule has 0 unspecified atom stereocenters. The number of likely N-dealkylation sites (N-methyl/N-ethyl adjacent to an activating group) is 1. The minimum atomic E-state index is 0.158. The Balaban J connectivity index is 1.61. The van der Waals surface area contributed by atoms with Crippen LogP contribution in [0.25, 0.3) is 0 Å². The van der Waals surface area contributed by atoms with E-state index in [2.05, 4.69) is 17.1 Å². The smallest absolute Gasteiger partial charge is 0.141 e. The summed E-state index contributed by atoms with van der Waals surface area (Å²) in [5.41, 5.74) is 1.82. The second-order valence-electron chi connectivity index (χ2n) is 6.09. The summed E-state index contributed by atoms with van der Waals surface area (Å²) in [5, 5.41) is 5.18. The van der Waals surface area contributed by atoms with Crippen LogP contribution >= 0.6 is 23.2 Å². The maximum absolute atomic E-state index is 6.04. The standard InChI is InChI=1S/C19H20Cl2N2O2/c1-23-9-8-16(12-23)25-22-11-15-4-2-3-5-19(15)24-13-14-6-7-17(20)18(21)10-14/h2-7,10-11,16H,8-9,12-13H2,1H3/t16-/m0/s1. The lowest BCUT2D eigenvalue weighted by molar-refractivity contribution is 0.0682. The monoisotopic (exact) mass is 378 g/mol. The van der Waals surface area contributed by atoms with Gasteiger partial charge in [-0.1, -0.05) is 46.6 Å². The number of benzene rings is 2. The SMILES string of the molecule is CN1CC[C@H](ON=Cc2ccccc2OCc2ccc(Cl)c(Cl)c2)C1. The Hall–Kier alpha value is -1.75. The predicted octanol–water partition coefficient (Wildman–Crippen LogP) is 4.63. The molecule has 6 heteroatoms. The molecule has 2 aromatic carbocycles. The Bertz CT molecular complexity index is 752. The van der Waals surface area contributed by atoms with Gasteiger partial charge in [-0.2, -0.15) is 0 Å². The molecule has 2 aromatic rings. The zero-order valence-corrected chi connectivity index (χ0v) is 15.5. The van der Waals surface area contributed by atoms with E-state index in [-0.39, 0.29) is 6.10 Å². The fourth-order valence-corrected chi connectivity index (χ4v) is 2.98. The largest absolute Gasteiger partial charge is 0.488 e. The van der Waals surface area contributed by atoms with Gasteiger partial charge in [-0.3, -0.25) is 0 Å². The molecule has 1 saturated heterocycles. The number of likely N-dealkylation sites (tertiary alicyclic amines) is 1. The summed E-state index contributed by atoms with van der Waals surface area (Å²) in [7, 11) is 2.08. The van der Waals surface area contributed by atoms with Crippen LogP contribution in [0.3, 0.4) is 0 Å². The van der Waals surface area contributed by atoms with Crippen LogP contribution in [0.1, 0.15) is 17.5 Å². The third kappa shape index (κ3) is 5.11. The molecule has 1 atom stereocenters. The van der Waals surface area contributed by atoms with Gasteiger partial charge in [0.2, 0.25) is 0 Å². The summed E-state index contributed by atoms with van der Waals surface area (Å²) in [5.74, 6) is 0.740. The van der Waals surface area contributed by atoms with Crippen molar-refractivity contribution in [3.05, 3.63) is 63.6 Å². The van der Waals surface area contributed by atoms with Gasteiger partial charge in [0.15, 0.2) is 0 Å². The first kappa shape index (κ1) is 18.1. The van der Waals surface area contributed by atoms with Crippen LogP contribution in [-0.2, 0) is 11.4 Å². The van der Waals surface area contributed by atoms with Gasteiger partial charge >= 0.3 is 0 Å². The van der Waals surface area contributed by atoms with E-state index < -0.39 is 0 Å². The highest BCUT2D eigenvalue weighted by Gasteiger charge is 2.20. The van der Waals surface area contributed by atoms with Crippen LogP contribution in [0.4, 0.5) is 0 Å². The molecule has 0 N–H and O–H groups in total. The van der Waals surface area contributed by atoms with Gasteiger partial charge in [0.1, 0.15) is 18.5 Å². The van der Waals surface area contributed by atoms with E-state index in [1.807, 2.05) is 30.3 Å². The van der Waals surface area contributed by atoms with Crippen LogP contribution in [0, 0.1) is 0 Å². The first-order chi connectivity index (χ1) is 12.1. The molecule has 0 bridgehead atoms. The summed E-state index contributed by atoms with van der Waals surface area (Å²) in [6.45, 7) is 2.35. The zero-order valence-electron chi connectivity index (χ0n) is 14.0. The molecule has 0 radical (unpaired) electrons. The molecule has 4 nitrogen and oxygen atoms in total. The quantitative estimate of drug-likeness (QED) is 0.542. The fourth-order valence-electron chi connectivity index (χ4n) is 2.66. The van der Waals surface area contributed by atoms with Crippen LogP contribution in [0.2, 0.25) is 10.0 Å². The first-order valence-electron chi connectivity index (χ1n) is 8.15. The van der Waals surface area contributed by atoms with Crippen molar-refractivity contribution in [2.24, 2.45) is 5.16 Å². The Labute approximate surface area is 157 Å². The fraction of sp³-hybridized carbons (Fsp3) is 0.316. The summed E-state index contributed by atoms with van der Waals surface area (Å²) in [6, 6.07) is 13.2. The van der Waals surface area contributed by atoms with Gasteiger partial charge < -0.3 is 14.5 Å². The molecule has 0 saturated carbocycles. The number of hydrogen-bond acceptors (Lipinski definition) is 4. The molecule has 1 aliphatic rings. The van der Waals surface area contributed by atoms with E-state index in [0.29, 0.717) is 16.7 Å². The highest BCUT2D eigenvalue weighted by atomic mass is 35.5. The van der Waals surface area contributed by atoms with Crippen molar-refractivity contribution in [1.29, 1.82) is 0 Å². The molecule has 1 fully saturated rings. The van der Waals surface area contributed by atoms with Gasteiger partial charge in [-0.25, -0.2) is 0 Å². The lowest BCUT2D eigenvalue weighted by Gasteiger charge is -2.10. The maximum Gasteiger partial charge on any atom is 0.141 e. The molecule has 3 rings (SSSR count). The average molecular weight is 379 g/mol. The first-order valence-corrected chi connectivity index (χ1v) is 8.91. The van der Waals surface area contributed by atoms with E-state index in [0.717, 1.165) is 36.4 Å². The van der Waals surface area contributed by atoms with Crippen LogP contribution in [0.5, 0.6) is 5.75 Å². The van der Waals surface area contributed by atoms with Crippen molar-refractivity contribution in [1.82, 2.24) is 4.90 Å². The highest BCUT2D eigenvalue weighted by Crippen LogP contribution is 2.24. The molecule has 25 heavy (non-hydrogen) atoms. The number of hydrogen-bond donors (Lipinski definition) is 0. The number of ether oxygens (including phenoxy) is 1. The number of para-hydroxylation sites is 1. The minimum absolute atomic E-state index is 0.158. The molecule has 1 heterocycles. The second kappa shape index (κ2) is 8.56. The number of rotatable bonds is 6. The summed E-state index contributed by atoms with van der Waals surface area (Å²) >= 11 is 12.0. The van der Waals surface area contributed by atoms with E-state index in [9.17, 15) is 0 Å². The van der Waals surface area contributed by atoms with Crippen molar-refractivity contribution >= 4 is 29.4 Å². The number of halogens is 2. The predicted molar refractivity (Wildman–Crippen MR) is 102 cm³/mol. The summed E-state index contributed by atoms with van der Waals surface area (Å²) < 4.78 is 5.90. The van der Waals surface area contributed by atoms with Crippen LogP contribution in [0.15, 0.2) is 47.6 Å². The third-order valence-electron chi connectivity index (χ3n) is 4.05. The van der Waals surface area contributed by atoms with Gasteiger partial charge in [0.25, 0.3) is 0 Å². The third-order valence-corrected chi connectivity index (χ3v) is 4.79. The molecule has 0 amide bonds. The maximum atomic E-state index is 6.04. The van der Waals surface area contributed by atoms with Crippen molar-refractivity contribution in [2.45, 2.75) is 19.1 Å². The van der Waals surface area contributed by atoms with Gasteiger partial charge in [0, 0.05) is 25.1 Å². The number of oxime groups is 1. The van der Waals surface area contributed by atoms with Crippen LogP contribution in [-0.4, -0.2) is 37.4 Å². The second-order valence-corrected chi connectivity index (χ2v) is 6.90. The highest BCUT2D eigenvalue weighted by molar-refractivity contribution is 6.42. The molecule has 132 valence electrons. The molecule has 0 spiro atoms. The summed E-state index contributed by atoms with van der Waals surface area (Å²) in [4.78, 5) is 7.79. The van der Waals surface area contributed by atoms with Crippen molar-refractivity contribution in [3.63, 3.8) is 0 Å². The Morgan fingerprint density at radius 3 is 2.80 bits per heavy atom. The van der Waals surface area contributed by atoms with Gasteiger partial charge in [0.05, 0.1) is 16.3 Å². The molecule has 0 aromatic heterocycles. The topological polar surface area (TPSA) is 34.1 Å². The molecule has 0 aliphatic carbocycles. The van der Waals surface area contributed by atoms with Gasteiger partial charge in [-0.15, -0.1) is 0 Å². The van der Waals surface area contributed by atoms with E-state index in [4.69, 9.17) is 32.8 Å². The minimum Gasteiger partial charge on any atom is -0.488 e. The van der Waals surface area contributed by atoms with E-state index >= 15 is 0 Å². The zero-order chi connectivity index (χ0) is 17.6. The van der Waals surface area contributed by atoms with Crippen molar-refractivity contribution < 1.29 is 9.57 Å². The normalized spacial score (nSPS) is 18.0. The molecular formula is C19H20Cl2N2O2. The lowest BCUT2D eigenvalue weighted by atomic mass is 10.2. The van der Waals surface area contributed by atoms with Crippen molar-refractivity contribution in [2.75, 3.05) is 20.1 Å². The molecule has 1 aliphatic heterocycles. The Morgan fingerprint density at radius 2 is 2.04 bits per heavy atom.